The number of ether oxygens (including phenoxy) is 1. The fourth-order valence-corrected chi connectivity index (χ4v) is 1.75. The molecule has 0 spiro atoms. The number of carbonyl (C=O) groups is 1. The molecule has 1 atom stereocenters. The zero-order chi connectivity index (χ0) is 13.8. The van der Waals surface area contributed by atoms with Crippen LogP contribution in [0.5, 0.6) is 5.75 Å². The average Bonchev–Trinajstić information content (AvgIpc) is 2.35. The lowest BCUT2D eigenvalue weighted by Crippen LogP contribution is -2.40. The van der Waals surface area contributed by atoms with Crippen molar-refractivity contribution in [1.29, 1.82) is 0 Å². The predicted molar refractivity (Wildman–Crippen MR) is 70.7 cm³/mol. The Kier molecular flexibility index (Phi) is 4.73. The van der Waals surface area contributed by atoms with Crippen LogP contribution in [-0.4, -0.2) is 30.8 Å². The van der Waals surface area contributed by atoms with Crippen LogP contribution >= 0.6 is 0 Å². The van der Waals surface area contributed by atoms with E-state index in [9.17, 15) is 4.79 Å². The summed E-state index contributed by atoms with van der Waals surface area (Å²) in [4.78, 5) is 11.4. The maximum atomic E-state index is 11.4. The van der Waals surface area contributed by atoms with E-state index in [0.717, 1.165) is 11.3 Å². The summed E-state index contributed by atoms with van der Waals surface area (Å²) < 4.78 is 5.32. The molecule has 18 heavy (non-hydrogen) atoms. The zero-order valence-electron chi connectivity index (χ0n) is 11.4. The zero-order valence-corrected chi connectivity index (χ0v) is 11.4. The molecule has 0 bridgehead atoms. The summed E-state index contributed by atoms with van der Waals surface area (Å²) in [6.45, 7) is 5.93. The Balaban J connectivity index is 2.82. The van der Waals surface area contributed by atoms with E-state index in [-0.39, 0.29) is 11.3 Å². The number of benzene rings is 1. The lowest BCUT2D eigenvalue weighted by Gasteiger charge is -2.27. The average molecular weight is 251 g/mol. The quantitative estimate of drug-likeness (QED) is 0.833. The second-order valence-corrected chi connectivity index (χ2v) is 4.98. The number of rotatable bonds is 5. The number of aliphatic hydroxyl groups excluding tert-OH is 1. The van der Waals surface area contributed by atoms with E-state index in [4.69, 9.17) is 9.84 Å². The van der Waals surface area contributed by atoms with E-state index >= 15 is 0 Å². The van der Waals surface area contributed by atoms with E-state index in [1.165, 1.54) is 6.92 Å². The molecule has 0 aromatic heterocycles. The fraction of sp³-hybridized carbons (Fsp3) is 0.500. The molecule has 1 unspecified atom stereocenters. The largest absolute Gasteiger partial charge is 0.496 e. The topological polar surface area (TPSA) is 58.6 Å². The van der Waals surface area contributed by atoms with E-state index in [1.54, 1.807) is 7.11 Å². The highest BCUT2D eigenvalue weighted by molar-refractivity contribution is 5.80. The third kappa shape index (κ3) is 3.47. The third-order valence-electron chi connectivity index (χ3n) is 2.92. The Morgan fingerprint density at radius 2 is 2.06 bits per heavy atom. The van der Waals surface area contributed by atoms with Crippen molar-refractivity contribution in [1.82, 2.24) is 5.32 Å². The number of hydrogen-bond acceptors (Lipinski definition) is 3. The van der Waals surface area contributed by atoms with Crippen LogP contribution in [0.15, 0.2) is 24.3 Å². The van der Waals surface area contributed by atoms with Crippen LogP contribution in [0.3, 0.4) is 0 Å². The number of nitrogens with one attached hydrogen (secondary N) is 1. The van der Waals surface area contributed by atoms with Gasteiger partial charge in [0, 0.05) is 17.5 Å². The molecule has 0 heterocycles. The molecule has 0 saturated heterocycles. The summed E-state index contributed by atoms with van der Waals surface area (Å²) in [6.07, 6.45) is -0.988. The number of carbonyl (C=O) groups excluding carboxylic acids is 1. The van der Waals surface area contributed by atoms with Gasteiger partial charge in [-0.05, 0) is 13.0 Å². The highest BCUT2D eigenvalue weighted by Gasteiger charge is 2.25. The fourth-order valence-electron chi connectivity index (χ4n) is 1.75. The molecule has 0 aliphatic rings. The van der Waals surface area contributed by atoms with Crippen molar-refractivity contribution < 1.29 is 14.6 Å². The van der Waals surface area contributed by atoms with Crippen molar-refractivity contribution in [2.75, 3.05) is 13.7 Å². The standard InChI is InChI=1S/C14H21NO3/c1-10(16)13(17)15-9-14(2,3)11-7-5-6-8-12(11)18-4/h5-8,10,16H,9H2,1-4H3,(H,15,17). The molecule has 2 N–H and O–H groups in total. The van der Waals surface area contributed by atoms with Crippen LogP contribution < -0.4 is 10.1 Å². The summed E-state index contributed by atoms with van der Waals surface area (Å²) >= 11 is 0. The van der Waals surface area contributed by atoms with Gasteiger partial charge in [-0.2, -0.15) is 0 Å². The van der Waals surface area contributed by atoms with Gasteiger partial charge in [0.15, 0.2) is 0 Å². The summed E-state index contributed by atoms with van der Waals surface area (Å²) in [7, 11) is 1.63. The number of hydrogen-bond donors (Lipinski definition) is 2. The van der Waals surface area contributed by atoms with Crippen molar-refractivity contribution in [3.05, 3.63) is 29.8 Å². The maximum absolute atomic E-state index is 11.4. The van der Waals surface area contributed by atoms with Crippen LogP contribution in [0.4, 0.5) is 0 Å². The maximum Gasteiger partial charge on any atom is 0.248 e. The van der Waals surface area contributed by atoms with Crippen LogP contribution in [0, 0.1) is 0 Å². The lowest BCUT2D eigenvalue weighted by molar-refractivity contribution is -0.128. The van der Waals surface area contributed by atoms with Gasteiger partial charge in [-0.15, -0.1) is 0 Å². The van der Waals surface area contributed by atoms with Gasteiger partial charge in [0.25, 0.3) is 0 Å². The van der Waals surface area contributed by atoms with Crippen molar-refractivity contribution in [3.63, 3.8) is 0 Å². The number of methoxy groups -OCH3 is 1. The molecule has 4 heteroatoms. The Morgan fingerprint density at radius 1 is 1.44 bits per heavy atom. The number of aliphatic hydroxyl groups is 1. The first kappa shape index (κ1) is 14.5. The third-order valence-corrected chi connectivity index (χ3v) is 2.92. The molecular formula is C14H21NO3. The van der Waals surface area contributed by atoms with Gasteiger partial charge in [-0.1, -0.05) is 32.0 Å². The van der Waals surface area contributed by atoms with Crippen LogP contribution in [0.2, 0.25) is 0 Å². The van der Waals surface area contributed by atoms with E-state index in [1.807, 2.05) is 38.1 Å². The minimum atomic E-state index is -0.988. The molecule has 1 aromatic carbocycles. The summed E-state index contributed by atoms with van der Waals surface area (Å²) in [5.74, 6) is 0.437. The van der Waals surface area contributed by atoms with Gasteiger partial charge < -0.3 is 15.2 Å². The van der Waals surface area contributed by atoms with Crippen molar-refractivity contribution >= 4 is 5.91 Å². The summed E-state index contributed by atoms with van der Waals surface area (Å²) in [5, 5.41) is 11.9. The highest BCUT2D eigenvalue weighted by atomic mass is 16.5. The molecule has 0 radical (unpaired) electrons. The van der Waals surface area contributed by atoms with Crippen molar-refractivity contribution in [3.8, 4) is 5.75 Å². The van der Waals surface area contributed by atoms with Crippen LogP contribution in [0.1, 0.15) is 26.3 Å². The van der Waals surface area contributed by atoms with Gasteiger partial charge in [0.1, 0.15) is 11.9 Å². The SMILES string of the molecule is COc1ccccc1C(C)(C)CNC(=O)C(C)O. The molecular weight excluding hydrogens is 230 g/mol. The van der Waals surface area contributed by atoms with E-state index in [0.29, 0.717) is 6.54 Å². The monoisotopic (exact) mass is 251 g/mol. The van der Waals surface area contributed by atoms with Crippen LogP contribution in [0.25, 0.3) is 0 Å². The van der Waals surface area contributed by atoms with Gasteiger partial charge in [-0.25, -0.2) is 0 Å². The van der Waals surface area contributed by atoms with E-state index < -0.39 is 6.10 Å². The molecule has 0 saturated carbocycles. The Morgan fingerprint density at radius 3 is 2.61 bits per heavy atom. The minimum Gasteiger partial charge on any atom is -0.496 e. The first-order valence-corrected chi connectivity index (χ1v) is 5.98. The number of para-hydroxylation sites is 1. The molecule has 1 amide bonds. The van der Waals surface area contributed by atoms with Crippen LogP contribution in [-0.2, 0) is 10.2 Å². The molecule has 0 fully saturated rings. The van der Waals surface area contributed by atoms with Gasteiger partial charge in [0.05, 0.1) is 7.11 Å². The summed E-state index contributed by atoms with van der Waals surface area (Å²) in [6, 6.07) is 7.73. The number of amides is 1. The first-order valence-electron chi connectivity index (χ1n) is 5.98. The smallest absolute Gasteiger partial charge is 0.248 e. The second kappa shape index (κ2) is 5.87. The molecule has 100 valence electrons. The minimum absolute atomic E-state index is 0.267. The Labute approximate surface area is 108 Å². The normalized spacial score (nSPS) is 12.9. The molecule has 1 aromatic rings. The van der Waals surface area contributed by atoms with Gasteiger partial charge in [-0.3, -0.25) is 4.79 Å². The van der Waals surface area contributed by atoms with Crippen molar-refractivity contribution in [2.45, 2.75) is 32.3 Å². The van der Waals surface area contributed by atoms with Crippen molar-refractivity contribution in [2.24, 2.45) is 0 Å². The van der Waals surface area contributed by atoms with Gasteiger partial charge in [0.2, 0.25) is 5.91 Å². The predicted octanol–water partition coefficient (Wildman–Crippen LogP) is 1.47. The first-order chi connectivity index (χ1) is 8.38. The molecule has 0 aliphatic heterocycles. The Bertz CT molecular complexity index is 413. The molecule has 1 rings (SSSR count). The highest BCUT2D eigenvalue weighted by Crippen LogP contribution is 2.30. The lowest BCUT2D eigenvalue weighted by atomic mass is 9.84. The second-order valence-electron chi connectivity index (χ2n) is 4.98. The van der Waals surface area contributed by atoms with Gasteiger partial charge >= 0.3 is 0 Å². The molecule has 4 nitrogen and oxygen atoms in total. The summed E-state index contributed by atoms with van der Waals surface area (Å²) in [5.41, 5.74) is 0.760. The Hall–Kier alpha value is -1.55. The van der Waals surface area contributed by atoms with E-state index in [2.05, 4.69) is 5.32 Å². The molecule has 0 aliphatic carbocycles.